The van der Waals surface area contributed by atoms with Gasteiger partial charge in [0.1, 0.15) is 12.4 Å². The highest BCUT2D eigenvalue weighted by atomic mass is 16.5. The molecule has 0 aromatic carbocycles. The van der Waals surface area contributed by atoms with Gasteiger partial charge in [0, 0.05) is 11.0 Å². The average Bonchev–Trinajstić information content (AvgIpc) is 2.89. The van der Waals surface area contributed by atoms with Crippen LogP contribution < -0.4 is 0 Å². The first kappa shape index (κ1) is 31.0. The van der Waals surface area contributed by atoms with Crippen LogP contribution in [0.15, 0.2) is 11.6 Å². The third-order valence-corrected chi connectivity index (χ3v) is 12.7. The average molecular weight is 557 g/mol. The molecule has 0 bridgehead atoms. The van der Waals surface area contributed by atoms with Crippen molar-refractivity contribution in [2.24, 2.45) is 51.2 Å². The van der Waals surface area contributed by atoms with Gasteiger partial charge in [0.15, 0.2) is 5.78 Å². The third-order valence-electron chi connectivity index (χ3n) is 12.7. The number of hydrogen-bond acceptors (Lipinski definition) is 6. The van der Waals surface area contributed by atoms with Gasteiger partial charge in [0.05, 0.1) is 24.9 Å². The lowest BCUT2D eigenvalue weighted by molar-refractivity contribution is -0.240. The van der Waals surface area contributed by atoms with Gasteiger partial charge >= 0.3 is 11.9 Å². The Balaban J connectivity index is 1.77. The molecule has 0 aromatic heterocycles. The van der Waals surface area contributed by atoms with E-state index in [1.165, 1.54) is 39.0 Å². The fraction of sp³-hybridized carbons (Fsp3) is 0.824. The maximum atomic E-state index is 13.4. The molecule has 0 spiro atoms. The molecule has 4 rings (SSSR count). The van der Waals surface area contributed by atoms with Crippen LogP contribution in [0.2, 0.25) is 0 Å². The first-order valence-electron chi connectivity index (χ1n) is 15.7. The van der Waals surface area contributed by atoms with Gasteiger partial charge in [-0.3, -0.25) is 14.4 Å². The molecule has 6 heteroatoms. The summed E-state index contributed by atoms with van der Waals surface area (Å²) in [6, 6.07) is 0. The van der Waals surface area contributed by atoms with Gasteiger partial charge < -0.3 is 14.3 Å². The van der Waals surface area contributed by atoms with Crippen LogP contribution in [0.4, 0.5) is 0 Å². The second-order valence-electron chi connectivity index (χ2n) is 14.6. The zero-order valence-electron chi connectivity index (χ0n) is 26.1. The highest BCUT2D eigenvalue weighted by Gasteiger charge is 2.69. The number of hydrogen-bond donors (Lipinski definition) is 0. The Kier molecular flexibility index (Phi) is 8.53. The summed E-state index contributed by atoms with van der Waals surface area (Å²) in [5, 5.41) is 0. The Hall–Kier alpha value is -1.98. The van der Waals surface area contributed by atoms with Gasteiger partial charge in [0.2, 0.25) is 0 Å². The lowest BCUT2D eigenvalue weighted by Gasteiger charge is -2.70. The molecule has 0 heterocycles. The van der Waals surface area contributed by atoms with E-state index in [2.05, 4.69) is 34.6 Å². The molecule has 10 atom stereocenters. The summed E-state index contributed by atoms with van der Waals surface area (Å²) in [6.45, 7) is 17.0. The van der Waals surface area contributed by atoms with Crippen molar-refractivity contribution >= 4 is 24.0 Å². The number of aldehydes is 1. The van der Waals surface area contributed by atoms with Crippen molar-refractivity contribution in [1.82, 2.24) is 0 Å². The molecule has 0 aliphatic heterocycles. The molecular weight excluding hydrogens is 504 g/mol. The molecule has 4 aliphatic rings. The molecule has 0 aromatic rings. The van der Waals surface area contributed by atoms with E-state index >= 15 is 0 Å². The summed E-state index contributed by atoms with van der Waals surface area (Å²) in [5.74, 6) is -1.12. The van der Waals surface area contributed by atoms with Crippen molar-refractivity contribution in [2.45, 2.75) is 119 Å². The fourth-order valence-corrected chi connectivity index (χ4v) is 10.5. The van der Waals surface area contributed by atoms with Crippen LogP contribution in [0.25, 0.3) is 0 Å². The highest BCUT2D eigenvalue weighted by Crippen LogP contribution is 2.73. The Labute approximate surface area is 241 Å². The number of carbonyl (C=O) groups excluding carboxylic acids is 4. The van der Waals surface area contributed by atoms with Crippen molar-refractivity contribution < 1.29 is 28.7 Å². The zero-order valence-corrected chi connectivity index (χ0v) is 26.1. The van der Waals surface area contributed by atoms with Gasteiger partial charge in [-0.15, -0.1) is 0 Å². The zero-order chi connectivity index (χ0) is 29.7. The third kappa shape index (κ3) is 4.69. The number of Topliss-reactive ketones (excluding diaryl/α,β-unsaturated/α-hetero) is 1. The molecule has 40 heavy (non-hydrogen) atoms. The van der Waals surface area contributed by atoms with E-state index in [1.54, 1.807) is 13.8 Å². The summed E-state index contributed by atoms with van der Waals surface area (Å²) < 4.78 is 11.5. The van der Waals surface area contributed by atoms with Crippen molar-refractivity contribution in [3.8, 4) is 0 Å². The summed E-state index contributed by atoms with van der Waals surface area (Å²) >= 11 is 0. The largest absolute Gasteiger partial charge is 0.466 e. The predicted molar refractivity (Wildman–Crippen MR) is 154 cm³/mol. The minimum atomic E-state index is -0.697. The molecule has 224 valence electrons. The van der Waals surface area contributed by atoms with E-state index < -0.39 is 35.3 Å². The van der Waals surface area contributed by atoms with Crippen LogP contribution >= 0.6 is 0 Å². The molecule has 0 N–H and O–H groups in total. The van der Waals surface area contributed by atoms with Crippen LogP contribution in [0.3, 0.4) is 0 Å². The maximum Gasteiger partial charge on any atom is 0.309 e. The fourth-order valence-electron chi connectivity index (χ4n) is 10.5. The number of rotatable bonds is 8. The Bertz CT molecular complexity index is 1060. The standard InChI is InChI=1S/C34H52O6/c1-9-31(5)15-11-16-32(6)25(31)14-17-33(7)26-13-12-23(22(4)36)24(20-35)34(26,8)28(19-27(32)33)40-29(37)18-21(3)30(38)39-10-2/h12,20-21,24-28H,9-11,13-19H2,1-8H3/t21?,24-,25?,26?,27?,28-,31-,32-,33-,34+/m0/s1. The molecule has 0 saturated heterocycles. The molecule has 3 saturated carbocycles. The van der Waals surface area contributed by atoms with Crippen LogP contribution in [-0.2, 0) is 28.7 Å². The molecule has 0 radical (unpaired) electrons. The minimum absolute atomic E-state index is 0.0345. The molecular formula is C34H52O6. The number of fused-ring (bicyclic) bond motifs is 5. The Morgan fingerprint density at radius 3 is 2.30 bits per heavy atom. The van der Waals surface area contributed by atoms with Gasteiger partial charge in [-0.2, -0.15) is 0 Å². The lowest BCUT2D eigenvalue weighted by atomic mass is 9.34. The van der Waals surface area contributed by atoms with Crippen LogP contribution in [-0.4, -0.2) is 36.7 Å². The second kappa shape index (κ2) is 11.0. The number of ether oxygens (including phenoxy) is 2. The molecule has 0 amide bonds. The van der Waals surface area contributed by atoms with Gasteiger partial charge in [-0.1, -0.05) is 60.5 Å². The van der Waals surface area contributed by atoms with E-state index in [0.29, 0.717) is 35.7 Å². The number of esters is 2. The van der Waals surface area contributed by atoms with Crippen molar-refractivity contribution in [3.63, 3.8) is 0 Å². The molecule has 4 aliphatic carbocycles. The summed E-state index contributed by atoms with van der Waals surface area (Å²) in [4.78, 5) is 51.2. The number of carbonyl (C=O) groups is 4. The van der Waals surface area contributed by atoms with Crippen LogP contribution in [0.1, 0.15) is 113 Å². The van der Waals surface area contributed by atoms with Crippen LogP contribution in [0.5, 0.6) is 0 Å². The summed E-state index contributed by atoms with van der Waals surface area (Å²) in [6.07, 6.45) is 10.8. The monoisotopic (exact) mass is 556 g/mol. The van der Waals surface area contributed by atoms with Crippen molar-refractivity contribution in [2.75, 3.05) is 6.61 Å². The SMILES string of the molecule is CCOC(=O)C(C)CC(=O)O[C@H]1CC2[C@@]3(C)CCC[C@](C)(CC)C3CC[C@@]2(C)C2CC=C(C(C)=O)[C@H](C=O)[C@]21C. The smallest absolute Gasteiger partial charge is 0.309 e. The van der Waals surface area contributed by atoms with Crippen molar-refractivity contribution in [3.05, 3.63) is 11.6 Å². The first-order chi connectivity index (χ1) is 18.7. The molecule has 6 nitrogen and oxygen atoms in total. The van der Waals surface area contributed by atoms with E-state index in [9.17, 15) is 19.2 Å². The number of ketones is 1. The minimum Gasteiger partial charge on any atom is -0.466 e. The topological polar surface area (TPSA) is 86.7 Å². The predicted octanol–water partition coefficient (Wildman–Crippen LogP) is 6.89. The maximum absolute atomic E-state index is 13.4. The summed E-state index contributed by atoms with van der Waals surface area (Å²) in [5.41, 5.74) is 0.232. The second-order valence-corrected chi connectivity index (χ2v) is 14.6. The van der Waals surface area contributed by atoms with E-state index in [-0.39, 0.29) is 35.6 Å². The van der Waals surface area contributed by atoms with Gasteiger partial charge in [-0.05, 0) is 86.4 Å². The Morgan fingerprint density at radius 2 is 1.70 bits per heavy atom. The van der Waals surface area contributed by atoms with E-state index in [1.807, 2.05) is 6.08 Å². The van der Waals surface area contributed by atoms with Crippen LogP contribution in [0, 0.1) is 51.2 Å². The molecule has 4 unspecified atom stereocenters. The highest BCUT2D eigenvalue weighted by molar-refractivity contribution is 5.97. The van der Waals surface area contributed by atoms with Gasteiger partial charge in [-0.25, -0.2) is 0 Å². The normalized spacial score (nSPS) is 43.2. The van der Waals surface area contributed by atoms with Gasteiger partial charge in [0.25, 0.3) is 0 Å². The van der Waals surface area contributed by atoms with E-state index in [0.717, 1.165) is 12.7 Å². The Morgan fingerprint density at radius 1 is 1.02 bits per heavy atom. The number of allylic oxidation sites excluding steroid dienone is 2. The summed E-state index contributed by atoms with van der Waals surface area (Å²) in [7, 11) is 0. The first-order valence-corrected chi connectivity index (χ1v) is 15.7. The quantitative estimate of drug-likeness (QED) is 0.239. The van der Waals surface area contributed by atoms with E-state index in [4.69, 9.17) is 9.47 Å². The molecule has 3 fully saturated rings. The lowest BCUT2D eigenvalue weighted by Crippen LogP contribution is -2.67. The van der Waals surface area contributed by atoms with Crippen molar-refractivity contribution in [1.29, 1.82) is 0 Å².